The highest BCUT2D eigenvalue weighted by atomic mass is 19.4. The Morgan fingerprint density at radius 3 is 2.88 bits per heavy atom. The van der Waals surface area contributed by atoms with E-state index in [1.807, 2.05) is 6.08 Å². The Kier molecular flexibility index (Phi) is 4.67. The summed E-state index contributed by atoms with van der Waals surface area (Å²) >= 11 is 0. The summed E-state index contributed by atoms with van der Waals surface area (Å²) in [6.45, 7) is 1.64. The normalized spacial score (nSPS) is 21.4. The molecule has 0 aromatic carbocycles. The number of H-pyrrole nitrogens is 1. The van der Waals surface area contributed by atoms with Crippen LogP contribution in [0.25, 0.3) is 0 Å². The number of aryl methyl sites for hydroxylation is 1. The molecule has 0 radical (unpaired) electrons. The number of ether oxygens (including phenoxy) is 1. The van der Waals surface area contributed by atoms with Gasteiger partial charge < -0.3 is 9.64 Å². The average molecular weight is 343 g/mol. The number of aromatic amines is 1. The summed E-state index contributed by atoms with van der Waals surface area (Å²) in [6, 6.07) is 0. The van der Waals surface area contributed by atoms with Crippen molar-refractivity contribution in [1.29, 1.82) is 0 Å². The van der Waals surface area contributed by atoms with Crippen molar-refractivity contribution in [3.8, 4) is 0 Å². The zero-order valence-electron chi connectivity index (χ0n) is 13.4. The average Bonchev–Trinajstić information content (AvgIpc) is 2.98. The highest BCUT2D eigenvalue weighted by molar-refractivity contribution is 5.80. The molecule has 132 valence electrons. The van der Waals surface area contributed by atoms with E-state index in [0.717, 1.165) is 12.0 Å². The monoisotopic (exact) mass is 343 g/mol. The number of halogens is 3. The van der Waals surface area contributed by atoms with Crippen molar-refractivity contribution >= 4 is 5.91 Å². The maximum Gasteiger partial charge on any atom is 0.435 e. The number of fused-ring (bicyclic) bond motifs is 1. The second-order valence-corrected chi connectivity index (χ2v) is 6.30. The van der Waals surface area contributed by atoms with E-state index in [4.69, 9.17) is 4.74 Å². The summed E-state index contributed by atoms with van der Waals surface area (Å²) in [5, 5.41) is 5.88. The van der Waals surface area contributed by atoms with E-state index < -0.39 is 17.8 Å². The number of carbonyl (C=O) groups excluding carboxylic acids is 1. The Morgan fingerprint density at radius 2 is 2.25 bits per heavy atom. The van der Waals surface area contributed by atoms with Gasteiger partial charge >= 0.3 is 6.18 Å². The molecule has 1 aromatic rings. The van der Waals surface area contributed by atoms with E-state index in [9.17, 15) is 18.0 Å². The molecule has 0 spiro atoms. The van der Waals surface area contributed by atoms with Crippen molar-refractivity contribution in [2.24, 2.45) is 5.92 Å². The summed E-state index contributed by atoms with van der Waals surface area (Å²) < 4.78 is 44.1. The number of amides is 1. The van der Waals surface area contributed by atoms with E-state index in [1.165, 1.54) is 0 Å². The molecule has 1 N–H and O–H groups in total. The molecule has 0 bridgehead atoms. The highest BCUT2D eigenvalue weighted by Gasteiger charge is 2.41. The van der Waals surface area contributed by atoms with Gasteiger partial charge in [0.05, 0.1) is 6.61 Å². The van der Waals surface area contributed by atoms with Crippen LogP contribution in [-0.4, -0.2) is 47.8 Å². The standard InChI is InChI=1S/C16H20F3N3O2/c1-24-9-10-4-6-22(7-5-10)15(23)11-2-3-13-12(8-11)14(21-20-13)16(17,18)19/h4,11H,2-3,5-9H2,1H3,(H,20,21). The smallest absolute Gasteiger partial charge is 0.380 e. The number of alkyl halides is 3. The van der Waals surface area contributed by atoms with Crippen LogP contribution in [0.15, 0.2) is 11.6 Å². The van der Waals surface area contributed by atoms with Crippen LogP contribution in [0, 0.1) is 5.92 Å². The summed E-state index contributed by atoms with van der Waals surface area (Å²) in [5.74, 6) is -0.476. The van der Waals surface area contributed by atoms with Crippen LogP contribution in [0.2, 0.25) is 0 Å². The number of rotatable bonds is 3. The Morgan fingerprint density at radius 1 is 1.46 bits per heavy atom. The summed E-state index contributed by atoms with van der Waals surface area (Å²) in [6.07, 6.45) is -0.693. The third kappa shape index (κ3) is 3.33. The summed E-state index contributed by atoms with van der Waals surface area (Å²) in [5.41, 5.74) is 0.935. The fourth-order valence-electron chi connectivity index (χ4n) is 3.43. The van der Waals surface area contributed by atoms with Crippen molar-refractivity contribution in [2.45, 2.75) is 31.9 Å². The second-order valence-electron chi connectivity index (χ2n) is 6.30. The SMILES string of the molecule is COCC1=CCN(C(=O)C2CCc3[nH]nc(C(F)(F)F)c3C2)CC1. The predicted octanol–water partition coefficient (Wildman–Crippen LogP) is 2.34. The van der Waals surface area contributed by atoms with E-state index in [0.29, 0.717) is 38.2 Å². The van der Waals surface area contributed by atoms with Crippen LogP contribution in [0.1, 0.15) is 29.8 Å². The van der Waals surface area contributed by atoms with Gasteiger partial charge in [0.15, 0.2) is 5.69 Å². The Bertz CT molecular complexity index is 651. The van der Waals surface area contributed by atoms with Gasteiger partial charge in [-0.05, 0) is 31.3 Å². The van der Waals surface area contributed by atoms with Gasteiger partial charge in [0, 0.05) is 37.4 Å². The van der Waals surface area contributed by atoms with Crippen LogP contribution >= 0.6 is 0 Å². The van der Waals surface area contributed by atoms with Crippen LogP contribution in [0.5, 0.6) is 0 Å². The molecule has 1 amide bonds. The lowest BCUT2D eigenvalue weighted by molar-refractivity contribution is -0.143. The minimum absolute atomic E-state index is 0.0670. The molecule has 3 rings (SSSR count). The molecule has 2 aliphatic rings. The first kappa shape index (κ1) is 17.0. The molecule has 0 saturated carbocycles. The summed E-state index contributed by atoms with van der Waals surface area (Å²) in [4.78, 5) is 14.4. The third-order valence-corrected chi connectivity index (χ3v) is 4.71. The van der Waals surface area contributed by atoms with Crippen molar-refractivity contribution < 1.29 is 22.7 Å². The van der Waals surface area contributed by atoms with E-state index >= 15 is 0 Å². The zero-order chi connectivity index (χ0) is 17.3. The maximum atomic E-state index is 13.0. The third-order valence-electron chi connectivity index (χ3n) is 4.71. The molecule has 1 aliphatic heterocycles. The van der Waals surface area contributed by atoms with Gasteiger partial charge in [0.25, 0.3) is 0 Å². The molecule has 0 saturated heterocycles. The molecule has 1 atom stereocenters. The number of carbonyl (C=O) groups is 1. The first-order valence-electron chi connectivity index (χ1n) is 7.99. The molecule has 1 aliphatic carbocycles. The van der Waals surface area contributed by atoms with Crippen LogP contribution in [-0.2, 0) is 28.5 Å². The number of nitrogens with one attached hydrogen (secondary N) is 1. The lowest BCUT2D eigenvalue weighted by Gasteiger charge is -2.31. The quantitative estimate of drug-likeness (QED) is 0.857. The molecular weight excluding hydrogens is 323 g/mol. The fourth-order valence-corrected chi connectivity index (χ4v) is 3.43. The number of hydrogen-bond acceptors (Lipinski definition) is 3. The second kappa shape index (κ2) is 6.58. The van der Waals surface area contributed by atoms with Crippen LogP contribution in [0.3, 0.4) is 0 Å². The lowest BCUT2D eigenvalue weighted by atomic mass is 9.85. The van der Waals surface area contributed by atoms with Crippen LogP contribution < -0.4 is 0 Å². The number of hydrogen-bond donors (Lipinski definition) is 1. The number of methoxy groups -OCH3 is 1. The molecular formula is C16H20F3N3O2. The minimum atomic E-state index is -4.49. The Hall–Kier alpha value is -1.83. The Labute approximate surface area is 137 Å². The first-order chi connectivity index (χ1) is 11.4. The van der Waals surface area contributed by atoms with E-state index in [2.05, 4.69) is 10.2 Å². The van der Waals surface area contributed by atoms with Gasteiger partial charge in [-0.1, -0.05) is 6.08 Å². The van der Waals surface area contributed by atoms with Crippen molar-refractivity contribution in [2.75, 3.05) is 26.8 Å². The van der Waals surface area contributed by atoms with Gasteiger partial charge in [-0.25, -0.2) is 0 Å². The lowest BCUT2D eigenvalue weighted by Crippen LogP contribution is -2.41. The molecule has 0 fully saturated rings. The van der Waals surface area contributed by atoms with Gasteiger partial charge in [0.1, 0.15) is 0 Å². The van der Waals surface area contributed by atoms with Crippen molar-refractivity contribution in [1.82, 2.24) is 15.1 Å². The van der Waals surface area contributed by atoms with Crippen molar-refractivity contribution in [3.05, 3.63) is 28.6 Å². The number of aromatic nitrogens is 2. The minimum Gasteiger partial charge on any atom is -0.380 e. The Balaban J connectivity index is 1.69. The molecule has 1 aromatic heterocycles. The maximum absolute atomic E-state index is 13.0. The molecule has 2 heterocycles. The van der Waals surface area contributed by atoms with E-state index in [1.54, 1.807) is 12.0 Å². The topological polar surface area (TPSA) is 58.2 Å². The first-order valence-corrected chi connectivity index (χ1v) is 7.99. The molecule has 5 nitrogen and oxygen atoms in total. The molecule has 24 heavy (non-hydrogen) atoms. The van der Waals surface area contributed by atoms with E-state index in [-0.39, 0.29) is 17.9 Å². The van der Waals surface area contributed by atoms with Gasteiger partial charge in [-0.2, -0.15) is 18.3 Å². The predicted molar refractivity (Wildman–Crippen MR) is 80.3 cm³/mol. The van der Waals surface area contributed by atoms with Crippen molar-refractivity contribution in [3.63, 3.8) is 0 Å². The largest absolute Gasteiger partial charge is 0.435 e. The van der Waals surface area contributed by atoms with Crippen LogP contribution in [0.4, 0.5) is 13.2 Å². The summed E-state index contributed by atoms with van der Waals surface area (Å²) in [7, 11) is 1.63. The fraction of sp³-hybridized carbons (Fsp3) is 0.625. The van der Waals surface area contributed by atoms with Gasteiger partial charge in [-0.3, -0.25) is 9.89 Å². The van der Waals surface area contributed by atoms with Gasteiger partial charge in [0.2, 0.25) is 5.91 Å². The molecule has 8 heteroatoms. The highest BCUT2D eigenvalue weighted by Crippen LogP contribution is 2.36. The zero-order valence-corrected chi connectivity index (χ0v) is 13.4. The molecule has 1 unspecified atom stereocenters. The van der Waals surface area contributed by atoms with Gasteiger partial charge in [-0.15, -0.1) is 0 Å². The number of nitrogens with zero attached hydrogens (tertiary/aromatic N) is 2.